The minimum Gasteiger partial charge on any atom is -0.378 e. The van der Waals surface area contributed by atoms with Crippen LogP contribution in [-0.2, 0) is 0 Å². The molecule has 2 aromatic heterocycles. The molecule has 0 spiro atoms. The maximum absolute atomic E-state index is 12.9. The Morgan fingerprint density at radius 2 is 1.81 bits per heavy atom. The van der Waals surface area contributed by atoms with Crippen LogP contribution in [0, 0.1) is 0 Å². The summed E-state index contributed by atoms with van der Waals surface area (Å²) in [6, 6.07) is 15.3. The van der Waals surface area contributed by atoms with Gasteiger partial charge in [0.15, 0.2) is 5.82 Å². The summed E-state index contributed by atoms with van der Waals surface area (Å²) in [5, 5.41) is 8.83. The lowest BCUT2D eigenvalue weighted by atomic mass is 10.2. The Kier molecular flexibility index (Phi) is 4.22. The Balaban J connectivity index is 1.85. The number of halogens is 1. The molecule has 130 valence electrons. The van der Waals surface area contributed by atoms with E-state index >= 15 is 0 Å². The number of fused-ring (bicyclic) bond motifs is 1. The molecule has 0 saturated heterocycles. The summed E-state index contributed by atoms with van der Waals surface area (Å²) in [4.78, 5) is 15.5. The van der Waals surface area contributed by atoms with E-state index in [4.69, 9.17) is 11.6 Å². The van der Waals surface area contributed by atoms with Crippen molar-refractivity contribution in [1.82, 2.24) is 14.6 Å². The first-order valence-corrected chi connectivity index (χ1v) is 9.16. The number of rotatable bonds is 3. The van der Waals surface area contributed by atoms with Gasteiger partial charge < -0.3 is 4.90 Å². The molecule has 4 rings (SSSR count). The van der Waals surface area contributed by atoms with Crippen molar-refractivity contribution < 1.29 is 0 Å². The van der Waals surface area contributed by atoms with Crippen molar-refractivity contribution >= 4 is 39.7 Å². The first kappa shape index (κ1) is 16.8. The van der Waals surface area contributed by atoms with Crippen LogP contribution in [0.4, 0.5) is 5.69 Å². The number of thiazole rings is 1. The van der Waals surface area contributed by atoms with E-state index in [0.29, 0.717) is 25.9 Å². The number of hydrogen-bond donors (Lipinski definition) is 0. The van der Waals surface area contributed by atoms with Gasteiger partial charge in [0.05, 0.1) is 9.55 Å². The number of hydrogen-bond acceptors (Lipinski definition) is 5. The quantitative estimate of drug-likeness (QED) is 0.546. The molecule has 4 aromatic rings. The molecular weight excluding hydrogens is 368 g/mol. The number of aromatic nitrogens is 3. The highest BCUT2D eigenvalue weighted by Crippen LogP contribution is 2.26. The van der Waals surface area contributed by atoms with Crippen molar-refractivity contribution in [2.24, 2.45) is 0 Å². The molecule has 0 fully saturated rings. The third kappa shape index (κ3) is 2.87. The Labute approximate surface area is 158 Å². The van der Waals surface area contributed by atoms with Crippen LogP contribution in [0.5, 0.6) is 0 Å². The van der Waals surface area contributed by atoms with Crippen LogP contribution in [0.1, 0.15) is 5.56 Å². The van der Waals surface area contributed by atoms with Crippen LogP contribution >= 0.6 is 22.9 Å². The van der Waals surface area contributed by atoms with Crippen LogP contribution in [0.15, 0.2) is 53.3 Å². The largest absolute Gasteiger partial charge is 0.378 e. The van der Waals surface area contributed by atoms with E-state index in [1.807, 2.05) is 67.5 Å². The van der Waals surface area contributed by atoms with Crippen LogP contribution in [-0.4, -0.2) is 28.7 Å². The normalized spacial score (nSPS) is 12.0. The summed E-state index contributed by atoms with van der Waals surface area (Å²) in [6.07, 6.45) is 1.87. The van der Waals surface area contributed by atoms with E-state index in [1.54, 1.807) is 6.07 Å². The summed E-state index contributed by atoms with van der Waals surface area (Å²) in [7, 11) is 3.98. The van der Waals surface area contributed by atoms with Gasteiger partial charge in [0.25, 0.3) is 5.56 Å². The molecule has 5 nitrogen and oxygen atoms in total. The van der Waals surface area contributed by atoms with Gasteiger partial charge in [-0.05, 0) is 35.9 Å². The van der Waals surface area contributed by atoms with Gasteiger partial charge in [0.1, 0.15) is 0 Å². The van der Waals surface area contributed by atoms with Crippen LogP contribution in [0.2, 0.25) is 5.02 Å². The monoisotopic (exact) mass is 382 g/mol. The van der Waals surface area contributed by atoms with Gasteiger partial charge in [-0.3, -0.25) is 4.79 Å². The number of anilines is 1. The summed E-state index contributed by atoms with van der Waals surface area (Å²) in [5.74, 6) is 0.467. The fourth-order valence-electron chi connectivity index (χ4n) is 2.70. The molecule has 0 unspecified atom stereocenters. The van der Waals surface area contributed by atoms with E-state index in [9.17, 15) is 4.79 Å². The molecule has 2 aromatic carbocycles. The molecule has 7 heteroatoms. The van der Waals surface area contributed by atoms with Crippen molar-refractivity contribution in [3.8, 4) is 11.4 Å². The standard InChI is InChI=1S/C19H15ClN4OS/c1-23(2)13-9-7-12(8-10-13)11-16-18(25)24-17(21-22-19(24)26-16)14-5-3-4-6-15(14)20/h3-11H,1-2H3/b16-11+. The number of benzene rings is 2. The lowest BCUT2D eigenvalue weighted by molar-refractivity contribution is 1.09. The minimum absolute atomic E-state index is 0.137. The molecule has 0 N–H and O–H groups in total. The molecule has 0 radical (unpaired) electrons. The van der Waals surface area contributed by atoms with Gasteiger partial charge in [-0.15, -0.1) is 10.2 Å². The Hall–Kier alpha value is -2.70. The maximum Gasteiger partial charge on any atom is 0.276 e. The van der Waals surface area contributed by atoms with Crippen molar-refractivity contribution in [1.29, 1.82) is 0 Å². The van der Waals surface area contributed by atoms with E-state index in [-0.39, 0.29) is 5.56 Å². The molecular formula is C19H15ClN4OS. The number of nitrogens with zero attached hydrogens (tertiary/aromatic N) is 4. The molecule has 0 atom stereocenters. The van der Waals surface area contributed by atoms with Gasteiger partial charge in [0.2, 0.25) is 4.96 Å². The highest BCUT2D eigenvalue weighted by atomic mass is 35.5. The van der Waals surface area contributed by atoms with E-state index in [1.165, 1.54) is 15.7 Å². The predicted molar refractivity (Wildman–Crippen MR) is 107 cm³/mol. The topological polar surface area (TPSA) is 50.5 Å². The highest BCUT2D eigenvalue weighted by molar-refractivity contribution is 7.15. The highest BCUT2D eigenvalue weighted by Gasteiger charge is 2.15. The zero-order valence-corrected chi connectivity index (χ0v) is 15.8. The lowest BCUT2D eigenvalue weighted by Gasteiger charge is -2.11. The molecule has 0 aliphatic heterocycles. The van der Waals surface area contributed by atoms with Crippen LogP contribution in [0.3, 0.4) is 0 Å². The fourth-order valence-corrected chi connectivity index (χ4v) is 3.83. The first-order valence-electron chi connectivity index (χ1n) is 7.96. The third-order valence-corrected chi connectivity index (χ3v) is 5.36. The molecule has 2 heterocycles. The second-order valence-corrected chi connectivity index (χ2v) is 7.44. The van der Waals surface area contributed by atoms with Gasteiger partial charge in [-0.25, -0.2) is 4.40 Å². The summed E-state index contributed by atoms with van der Waals surface area (Å²) >= 11 is 7.57. The molecule has 0 aliphatic rings. The molecule has 0 amide bonds. The molecule has 26 heavy (non-hydrogen) atoms. The van der Waals surface area contributed by atoms with Crippen molar-refractivity contribution in [3.63, 3.8) is 0 Å². The lowest BCUT2D eigenvalue weighted by Crippen LogP contribution is -2.23. The zero-order valence-electron chi connectivity index (χ0n) is 14.2. The van der Waals surface area contributed by atoms with Crippen LogP contribution < -0.4 is 15.0 Å². The average Bonchev–Trinajstić information content (AvgIpc) is 3.17. The van der Waals surface area contributed by atoms with Gasteiger partial charge in [0, 0.05) is 25.3 Å². The van der Waals surface area contributed by atoms with Gasteiger partial charge >= 0.3 is 0 Å². The van der Waals surface area contributed by atoms with Crippen molar-refractivity contribution in [2.75, 3.05) is 19.0 Å². The average molecular weight is 383 g/mol. The fraction of sp³-hybridized carbons (Fsp3) is 0.105. The Morgan fingerprint density at radius 1 is 1.08 bits per heavy atom. The van der Waals surface area contributed by atoms with Crippen molar-refractivity contribution in [3.05, 3.63) is 74.0 Å². The molecule has 0 bridgehead atoms. The SMILES string of the molecule is CN(C)c1ccc(/C=c2/sc3nnc(-c4ccccc4Cl)n3c2=O)cc1. The summed E-state index contributed by atoms with van der Waals surface area (Å²) in [5.41, 5.74) is 2.63. The maximum atomic E-state index is 12.9. The van der Waals surface area contributed by atoms with Crippen molar-refractivity contribution in [2.45, 2.75) is 0 Å². The first-order chi connectivity index (χ1) is 12.5. The predicted octanol–water partition coefficient (Wildman–Crippen LogP) is 3.09. The molecule has 0 saturated carbocycles. The van der Waals surface area contributed by atoms with E-state index in [2.05, 4.69) is 10.2 Å². The second-order valence-electron chi connectivity index (χ2n) is 6.02. The van der Waals surface area contributed by atoms with Crippen LogP contribution in [0.25, 0.3) is 22.4 Å². The van der Waals surface area contributed by atoms with E-state index in [0.717, 1.165) is 11.3 Å². The zero-order chi connectivity index (χ0) is 18.3. The minimum atomic E-state index is -0.137. The summed E-state index contributed by atoms with van der Waals surface area (Å²) < 4.78 is 2.13. The Morgan fingerprint density at radius 3 is 2.50 bits per heavy atom. The molecule has 0 aliphatic carbocycles. The second kappa shape index (κ2) is 6.55. The van der Waals surface area contributed by atoms with Gasteiger partial charge in [-0.1, -0.05) is 47.2 Å². The third-order valence-electron chi connectivity index (χ3n) is 4.07. The van der Waals surface area contributed by atoms with Gasteiger partial charge in [-0.2, -0.15) is 0 Å². The summed E-state index contributed by atoms with van der Waals surface area (Å²) in [6.45, 7) is 0. The van der Waals surface area contributed by atoms with E-state index < -0.39 is 0 Å². The smallest absolute Gasteiger partial charge is 0.276 e. The Bertz CT molecular complexity index is 1190.